The van der Waals surface area contributed by atoms with Gasteiger partial charge in [-0.05, 0) is 51.0 Å². The molecule has 1 aliphatic rings. The first-order valence-corrected chi connectivity index (χ1v) is 7.90. The van der Waals surface area contributed by atoms with Crippen LogP contribution in [-0.4, -0.2) is 21.3 Å². The first-order valence-electron chi connectivity index (χ1n) is 7.02. The lowest BCUT2D eigenvalue weighted by molar-refractivity contribution is 0.232. The molecule has 0 radical (unpaired) electrons. The molecule has 0 aromatic carbocycles. The van der Waals surface area contributed by atoms with Crippen molar-refractivity contribution >= 4 is 11.8 Å². The van der Waals surface area contributed by atoms with E-state index >= 15 is 0 Å². The van der Waals surface area contributed by atoms with Gasteiger partial charge in [0, 0.05) is 22.7 Å². The van der Waals surface area contributed by atoms with Gasteiger partial charge in [0.2, 0.25) is 0 Å². The Hall–Kier alpha value is -0.610. The van der Waals surface area contributed by atoms with Gasteiger partial charge in [-0.15, -0.1) is 0 Å². The fourth-order valence-corrected chi connectivity index (χ4v) is 4.10. The van der Waals surface area contributed by atoms with Crippen LogP contribution in [0.15, 0.2) is 5.16 Å². The number of aryl methyl sites for hydroxylation is 2. The third-order valence-corrected chi connectivity index (χ3v) is 5.47. The lowest BCUT2D eigenvalue weighted by Crippen LogP contribution is -2.41. The maximum atomic E-state index is 6.28. The average molecular weight is 279 g/mol. The molecule has 2 atom stereocenters. The van der Waals surface area contributed by atoms with Crippen molar-refractivity contribution in [2.45, 2.75) is 70.3 Å². The molecule has 106 valence electrons. The van der Waals surface area contributed by atoms with Crippen LogP contribution >= 0.6 is 11.8 Å². The van der Waals surface area contributed by atoms with Crippen molar-refractivity contribution in [3.63, 3.8) is 0 Å². The van der Waals surface area contributed by atoms with Crippen molar-refractivity contribution in [3.05, 3.63) is 17.0 Å². The topological polar surface area (TPSA) is 51.8 Å². The minimum absolute atomic E-state index is 0.267. The van der Waals surface area contributed by atoms with Crippen LogP contribution in [0.1, 0.15) is 50.1 Å². The highest BCUT2D eigenvalue weighted by Gasteiger charge is 2.34. The zero-order chi connectivity index (χ0) is 14.2. The van der Waals surface area contributed by atoms with Gasteiger partial charge in [0.15, 0.2) is 5.16 Å². The number of thioether (sulfide) groups is 1. The summed E-state index contributed by atoms with van der Waals surface area (Å²) in [6, 6.07) is 0.267. The molecule has 4 heteroatoms. The lowest BCUT2D eigenvalue weighted by atomic mass is 9.75. The fraction of sp³-hybridized carbons (Fsp3) is 0.733. The summed E-state index contributed by atoms with van der Waals surface area (Å²) in [5.74, 6) is 0. The molecule has 2 unspecified atom stereocenters. The summed E-state index contributed by atoms with van der Waals surface area (Å²) in [6.07, 6.45) is 3.47. The predicted molar refractivity (Wildman–Crippen MR) is 81.5 cm³/mol. The lowest BCUT2D eigenvalue weighted by Gasteiger charge is -2.38. The van der Waals surface area contributed by atoms with Gasteiger partial charge >= 0.3 is 0 Å². The van der Waals surface area contributed by atoms with Crippen molar-refractivity contribution in [2.75, 3.05) is 0 Å². The SMILES string of the molecule is Cc1nc(SC2CC(C)(C)CCC2N)nc(C)c1C. The molecule has 0 spiro atoms. The van der Waals surface area contributed by atoms with Gasteiger partial charge in [-0.25, -0.2) is 9.97 Å². The summed E-state index contributed by atoms with van der Waals surface area (Å²) in [6.45, 7) is 10.9. The zero-order valence-corrected chi connectivity index (χ0v) is 13.5. The molecule has 1 heterocycles. The summed E-state index contributed by atoms with van der Waals surface area (Å²) < 4.78 is 0. The molecule has 1 aromatic rings. The Morgan fingerprint density at radius 1 is 1.16 bits per heavy atom. The van der Waals surface area contributed by atoms with Gasteiger partial charge < -0.3 is 5.73 Å². The molecule has 0 aliphatic heterocycles. The number of hydrogen-bond donors (Lipinski definition) is 1. The summed E-state index contributed by atoms with van der Waals surface area (Å²) in [5.41, 5.74) is 10.0. The van der Waals surface area contributed by atoms with E-state index in [1.54, 1.807) is 11.8 Å². The highest BCUT2D eigenvalue weighted by Crippen LogP contribution is 2.41. The third-order valence-electron chi connectivity index (χ3n) is 4.25. The molecular weight excluding hydrogens is 254 g/mol. The second-order valence-electron chi connectivity index (χ2n) is 6.53. The zero-order valence-electron chi connectivity index (χ0n) is 12.7. The Morgan fingerprint density at radius 2 is 1.74 bits per heavy atom. The minimum Gasteiger partial charge on any atom is -0.327 e. The van der Waals surface area contributed by atoms with Gasteiger partial charge in [-0.2, -0.15) is 0 Å². The fourth-order valence-electron chi connectivity index (χ4n) is 2.60. The number of hydrogen-bond acceptors (Lipinski definition) is 4. The van der Waals surface area contributed by atoms with E-state index < -0.39 is 0 Å². The van der Waals surface area contributed by atoms with Crippen LogP contribution in [-0.2, 0) is 0 Å². The van der Waals surface area contributed by atoms with E-state index in [9.17, 15) is 0 Å². The Bertz CT molecular complexity index is 447. The predicted octanol–water partition coefficient (Wildman–Crippen LogP) is 3.40. The Balaban J connectivity index is 2.16. The van der Waals surface area contributed by atoms with Crippen molar-refractivity contribution in [2.24, 2.45) is 11.1 Å². The Labute approximate surface area is 120 Å². The second-order valence-corrected chi connectivity index (χ2v) is 7.74. The van der Waals surface area contributed by atoms with Gasteiger partial charge in [0.25, 0.3) is 0 Å². The van der Waals surface area contributed by atoms with Crippen LogP contribution in [0.4, 0.5) is 0 Å². The molecular formula is C15H25N3S. The second kappa shape index (κ2) is 5.41. The van der Waals surface area contributed by atoms with Crippen LogP contribution in [0.3, 0.4) is 0 Å². The van der Waals surface area contributed by atoms with Crippen molar-refractivity contribution in [3.8, 4) is 0 Å². The first kappa shape index (κ1) is 14.8. The van der Waals surface area contributed by atoms with E-state index in [-0.39, 0.29) is 6.04 Å². The van der Waals surface area contributed by atoms with E-state index in [1.807, 2.05) is 0 Å². The van der Waals surface area contributed by atoms with E-state index in [1.165, 1.54) is 12.0 Å². The molecule has 0 saturated heterocycles. The smallest absolute Gasteiger partial charge is 0.188 e. The van der Waals surface area contributed by atoms with Crippen molar-refractivity contribution in [1.29, 1.82) is 0 Å². The maximum absolute atomic E-state index is 6.28. The van der Waals surface area contributed by atoms with E-state index in [2.05, 4.69) is 44.6 Å². The van der Waals surface area contributed by atoms with Crippen molar-refractivity contribution < 1.29 is 0 Å². The molecule has 1 saturated carbocycles. The molecule has 0 amide bonds. The number of aromatic nitrogens is 2. The normalized spacial score (nSPS) is 26.4. The van der Waals surface area contributed by atoms with Gasteiger partial charge in [0.05, 0.1) is 0 Å². The highest BCUT2D eigenvalue weighted by molar-refractivity contribution is 7.99. The van der Waals surface area contributed by atoms with Crippen LogP contribution in [0.2, 0.25) is 0 Å². The molecule has 3 nitrogen and oxygen atoms in total. The van der Waals surface area contributed by atoms with Gasteiger partial charge in [-0.1, -0.05) is 25.6 Å². The summed E-state index contributed by atoms with van der Waals surface area (Å²) in [4.78, 5) is 9.21. The number of nitrogens with two attached hydrogens (primary N) is 1. The minimum atomic E-state index is 0.267. The summed E-state index contributed by atoms with van der Waals surface area (Å²) in [5, 5.41) is 1.32. The molecule has 0 bridgehead atoms. The quantitative estimate of drug-likeness (QED) is 0.843. The first-order chi connectivity index (χ1) is 8.78. The monoisotopic (exact) mass is 279 g/mol. The molecule has 1 aliphatic carbocycles. The Kier molecular flexibility index (Phi) is 4.21. The Morgan fingerprint density at radius 3 is 2.32 bits per heavy atom. The van der Waals surface area contributed by atoms with Crippen LogP contribution in [0.5, 0.6) is 0 Å². The molecule has 2 N–H and O–H groups in total. The molecule has 1 fully saturated rings. The van der Waals surface area contributed by atoms with Crippen LogP contribution in [0, 0.1) is 26.2 Å². The molecule has 1 aromatic heterocycles. The largest absolute Gasteiger partial charge is 0.327 e. The van der Waals surface area contributed by atoms with Crippen LogP contribution in [0.25, 0.3) is 0 Å². The van der Waals surface area contributed by atoms with Crippen molar-refractivity contribution in [1.82, 2.24) is 9.97 Å². The standard InChI is InChI=1S/C15H25N3S/c1-9-10(2)17-14(18-11(9)3)19-13-8-15(4,5)7-6-12(13)16/h12-13H,6-8,16H2,1-5H3. The summed E-state index contributed by atoms with van der Waals surface area (Å²) >= 11 is 1.76. The average Bonchev–Trinajstić information content (AvgIpc) is 2.30. The highest BCUT2D eigenvalue weighted by atomic mass is 32.2. The maximum Gasteiger partial charge on any atom is 0.188 e. The number of nitrogens with zero attached hydrogens (tertiary/aromatic N) is 2. The van der Waals surface area contributed by atoms with E-state index in [0.717, 1.165) is 29.4 Å². The van der Waals surface area contributed by atoms with Crippen LogP contribution < -0.4 is 5.73 Å². The summed E-state index contributed by atoms with van der Waals surface area (Å²) in [7, 11) is 0. The van der Waals surface area contributed by atoms with E-state index in [4.69, 9.17) is 5.73 Å². The van der Waals surface area contributed by atoms with Gasteiger partial charge in [0.1, 0.15) is 0 Å². The van der Waals surface area contributed by atoms with E-state index in [0.29, 0.717) is 10.7 Å². The van der Waals surface area contributed by atoms with Gasteiger partial charge in [-0.3, -0.25) is 0 Å². The number of rotatable bonds is 2. The molecule has 2 rings (SSSR count). The molecule has 19 heavy (non-hydrogen) atoms. The third kappa shape index (κ3) is 3.48.